The SMILES string of the molecule is COC(=O)c1ccc(C(=O)OC)c(NCc2ccc(OC)cc2)n1. The molecule has 1 heterocycles. The maximum atomic E-state index is 11.8. The van der Waals surface area contributed by atoms with Crippen molar-refractivity contribution in [1.82, 2.24) is 4.98 Å². The Morgan fingerprint density at radius 1 is 0.958 bits per heavy atom. The van der Waals surface area contributed by atoms with Gasteiger partial charge in [-0.3, -0.25) is 0 Å². The van der Waals surface area contributed by atoms with Gasteiger partial charge in [-0.1, -0.05) is 12.1 Å². The van der Waals surface area contributed by atoms with Crippen molar-refractivity contribution in [3.8, 4) is 5.75 Å². The number of nitrogens with zero attached hydrogens (tertiary/aromatic N) is 1. The van der Waals surface area contributed by atoms with Crippen LogP contribution in [0.3, 0.4) is 0 Å². The van der Waals surface area contributed by atoms with Crippen LogP contribution < -0.4 is 10.1 Å². The Bertz CT molecular complexity index is 728. The van der Waals surface area contributed by atoms with Crippen molar-refractivity contribution in [2.45, 2.75) is 6.54 Å². The van der Waals surface area contributed by atoms with E-state index in [9.17, 15) is 9.59 Å². The third-order valence-electron chi connectivity index (χ3n) is 3.31. The van der Waals surface area contributed by atoms with Crippen LogP contribution >= 0.6 is 0 Å². The highest BCUT2D eigenvalue weighted by Gasteiger charge is 2.17. The van der Waals surface area contributed by atoms with Gasteiger partial charge in [0.25, 0.3) is 0 Å². The lowest BCUT2D eigenvalue weighted by atomic mass is 10.2. The van der Waals surface area contributed by atoms with E-state index in [2.05, 4.69) is 15.0 Å². The molecular weight excluding hydrogens is 312 g/mol. The highest BCUT2D eigenvalue weighted by molar-refractivity contribution is 5.96. The normalized spacial score (nSPS) is 9.96. The number of esters is 2. The number of methoxy groups -OCH3 is 3. The second kappa shape index (κ2) is 7.96. The molecule has 0 saturated heterocycles. The molecule has 2 aromatic rings. The second-order valence-electron chi connectivity index (χ2n) is 4.78. The Morgan fingerprint density at radius 3 is 2.21 bits per heavy atom. The molecule has 0 bridgehead atoms. The van der Waals surface area contributed by atoms with Gasteiger partial charge in [0.1, 0.15) is 17.1 Å². The van der Waals surface area contributed by atoms with Crippen LogP contribution in [0, 0.1) is 0 Å². The van der Waals surface area contributed by atoms with Gasteiger partial charge in [0, 0.05) is 6.54 Å². The molecule has 7 heteroatoms. The molecule has 0 atom stereocenters. The first-order valence-corrected chi connectivity index (χ1v) is 7.13. The summed E-state index contributed by atoms with van der Waals surface area (Å²) in [6.45, 7) is 0.408. The molecule has 0 amide bonds. The topological polar surface area (TPSA) is 86.8 Å². The van der Waals surface area contributed by atoms with Crippen LogP contribution in [-0.2, 0) is 16.0 Å². The molecule has 0 saturated carbocycles. The number of anilines is 1. The van der Waals surface area contributed by atoms with Crippen molar-refractivity contribution < 1.29 is 23.8 Å². The lowest BCUT2D eigenvalue weighted by molar-refractivity contribution is 0.0582. The van der Waals surface area contributed by atoms with E-state index in [0.717, 1.165) is 11.3 Å². The molecule has 126 valence electrons. The van der Waals surface area contributed by atoms with Gasteiger partial charge in [0.2, 0.25) is 0 Å². The summed E-state index contributed by atoms with van der Waals surface area (Å²) in [5.41, 5.74) is 1.29. The maximum absolute atomic E-state index is 11.8. The van der Waals surface area contributed by atoms with E-state index in [-0.39, 0.29) is 17.1 Å². The molecular formula is C17H18N2O5. The number of hydrogen-bond donors (Lipinski definition) is 1. The Balaban J connectivity index is 2.24. The number of aromatic nitrogens is 1. The van der Waals surface area contributed by atoms with E-state index < -0.39 is 11.9 Å². The summed E-state index contributed by atoms with van der Waals surface area (Å²) in [5.74, 6) is -0.129. The van der Waals surface area contributed by atoms with Crippen LogP contribution in [0.25, 0.3) is 0 Å². The molecule has 7 nitrogen and oxygen atoms in total. The highest BCUT2D eigenvalue weighted by Crippen LogP contribution is 2.18. The van der Waals surface area contributed by atoms with Gasteiger partial charge in [-0.05, 0) is 29.8 Å². The van der Waals surface area contributed by atoms with E-state index in [0.29, 0.717) is 6.54 Å². The van der Waals surface area contributed by atoms with Crippen LogP contribution in [0.4, 0.5) is 5.82 Å². The highest BCUT2D eigenvalue weighted by atomic mass is 16.5. The molecule has 24 heavy (non-hydrogen) atoms. The monoisotopic (exact) mass is 330 g/mol. The summed E-state index contributed by atoms with van der Waals surface area (Å²) < 4.78 is 14.5. The lowest BCUT2D eigenvalue weighted by Crippen LogP contribution is -2.13. The van der Waals surface area contributed by atoms with E-state index in [4.69, 9.17) is 9.47 Å². The molecule has 1 aromatic heterocycles. The fourth-order valence-corrected chi connectivity index (χ4v) is 2.02. The van der Waals surface area contributed by atoms with E-state index in [1.807, 2.05) is 24.3 Å². The van der Waals surface area contributed by atoms with Crippen molar-refractivity contribution in [3.63, 3.8) is 0 Å². The minimum Gasteiger partial charge on any atom is -0.497 e. The Kier molecular flexibility index (Phi) is 5.73. The van der Waals surface area contributed by atoms with Crippen LogP contribution in [0.5, 0.6) is 5.75 Å². The van der Waals surface area contributed by atoms with Crippen molar-refractivity contribution in [2.24, 2.45) is 0 Å². The van der Waals surface area contributed by atoms with Gasteiger partial charge < -0.3 is 19.5 Å². The molecule has 0 aliphatic carbocycles. The molecule has 0 fully saturated rings. The minimum atomic E-state index is -0.584. The largest absolute Gasteiger partial charge is 0.497 e. The Morgan fingerprint density at radius 2 is 1.62 bits per heavy atom. The number of pyridine rings is 1. The zero-order valence-corrected chi connectivity index (χ0v) is 13.7. The van der Waals surface area contributed by atoms with Crippen LogP contribution in [0.2, 0.25) is 0 Å². The molecule has 0 unspecified atom stereocenters. The summed E-state index contributed by atoms with van der Waals surface area (Å²) in [7, 11) is 4.14. The van der Waals surface area contributed by atoms with Crippen molar-refractivity contribution in [3.05, 3.63) is 53.2 Å². The van der Waals surface area contributed by atoms with Crippen molar-refractivity contribution in [1.29, 1.82) is 0 Å². The first-order valence-electron chi connectivity index (χ1n) is 7.13. The van der Waals surface area contributed by atoms with Crippen molar-refractivity contribution in [2.75, 3.05) is 26.6 Å². The second-order valence-corrected chi connectivity index (χ2v) is 4.78. The summed E-state index contributed by atoms with van der Waals surface area (Å²) >= 11 is 0. The first-order chi connectivity index (χ1) is 11.6. The van der Waals surface area contributed by atoms with Gasteiger partial charge in [-0.2, -0.15) is 0 Å². The first kappa shape index (κ1) is 17.3. The molecule has 1 aromatic carbocycles. The predicted molar refractivity (Wildman–Crippen MR) is 87.2 cm³/mol. The Labute approximate surface area is 139 Å². The molecule has 0 radical (unpaired) electrons. The number of rotatable bonds is 6. The van der Waals surface area contributed by atoms with Gasteiger partial charge in [-0.15, -0.1) is 0 Å². The number of benzene rings is 1. The van der Waals surface area contributed by atoms with E-state index in [1.54, 1.807) is 7.11 Å². The summed E-state index contributed by atoms with van der Waals surface area (Å²) in [5, 5.41) is 3.04. The Hall–Kier alpha value is -3.09. The van der Waals surface area contributed by atoms with Crippen LogP contribution in [0.15, 0.2) is 36.4 Å². The standard InChI is InChI=1S/C17H18N2O5/c1-22-12-6-4-11(5-7-12)10-18-15-13(16(20)23-2)8-9-14(19-15)17(21)24-3/h4-9H,10H2,1-3H3,(H,18,19). The average molecular weight is 330 g/mol. The fraction of sp³-hybridized carbons (Fsp3) is 0.235. The predicted octanol–water partition coefficient (Wildman–Crippen LogP) is 2.28. The minimum absolute atomic E-state index is 0.0994. The fourth-order valence-electron chi connectivity index (χ4n) is 2.02. The lowest BCUT2D eigenvalue weighted by Gasteiger charge is -2.11. The van der Waals surface area contributed by atoms with E-state index in [1.165, 1.54) is 26.4 Å². The van der Waals surface area contributed by atoms with Gasteiger partial charge in [-0.25, -0.2) is 14.6 Å². The third-order valence-corrected chi connectivity index (χ3v) is 3.31. The summed E-state index contributed by atoms with van der Waals surface area (Å²) in [6.07, 6.45) is 0. The van der Waals surface area contributed by atoms with Crippen LogP contribution in [-0.4, -0.2) is 38.3 Å². The van der Waals surface area contributed by atoms with Crippen LogP contribution in [0.1, 0.15) is 26.4 Å². The molecule has 1 N–H and O–H groups in total. The third kappa shape index (κ3) is 4.01. The van der Waals surface area contributed by atoms with E-state index >= 15 is 0 Å². The number of hydrogen-bond acceptors (Lipinski definition) is 7. The number of ether oxygens (including phenoxy) is 3. The zero-order valence-electron chi connectivity index (χ0n) is 13.7. The number of carbonyl (C=O) groups is 2. The summed E-state index contributed by atoms with van der Waals surface area (Å²) in [4.78, 5) is 27.6. The molecule has 0 aliphatic heterocycles. The van der Waals surface area contributed by atoms with Crippen molar-refractivity contribution >= 4 is 17.8 Å². The number of nitrogens with one attached hydrogen (secondary N) is 1. The summed E-state index contributed by atoms with van der Waals surface area (Å²) in [6, 6.07) is 10.3. The van der Waals surface area contributed by atoms with Gasteiger partial charge in [0.05, 0.1) is 21.3 Å². The van der Waals surface area contributed by atoms with Gasteiger partial charge in [0.15, 0.2) is 5.69 Å². The quantitative estimate of drug-likeness (QED) is 0.813. The average Bonchev–Trinajstić information content (AvgIpc) is 2.65. The smallest absolute Gasteiger partial charge is 0.356 e. The maximum Gasteiger partial charge on any atom is 0.356 e. The molecule has 0 aliphatic rings. The molecule has 2 rings (SSSR count). The molecule has 0 spiro atoms. The van der Waals surface area contributed by atoms with Gasteiger partial charge >= 0.3 is 11.9 Å². The zero-order chi connectivity index (χ0) is 17.5. The number of carbonyl (C=O) groups excluding carboxylic acids is 2.